The first-order chi connectivity index (χ1) is 13.5. The lowest BCUT2D eigenvalue weighted by atomic mass is 10.1. The Morgan fingerprint density at radius 1 is 1.04 bits per heavy atom. The van der Waals surface area contributed by atoms with E-state index in [0.29, 0.717) is 5.02 Å². The topological polar surface area (TPSA) is 46.9 Å². The first-order valence-corrected chi connectivity index (χ1v) is 9.47. The molecule has 0 saturated heterocycles. The Kier molecular flexibility index (Phi) is 4.88. The Morgan fingerprint density at radius 3 is 2.61 bits per heavy atom. The van der Waals surface area contributed by atoms with Crippen molar-refractivity contribution in [2.75, 3.05) is 5.32 Å². The number of hydrogen-bond acceptors (Lipinski definition) is 2. The maximum absolute atomic E-state index is 12.7. The van der Waals surface area contributed by atoms with Crippen LogP contribution in [0.15, 0.2) is 66.7 Å². The summed E-state index contributed by atoms with van der Waals surface area (Å²) in [5.74, 6) is -0.118. The molecule has 0 aliphatic rings. The average molecular weight is 390 g/mol. The van der Waals surface area contributed by atoms with Crippen LogP contribution in [0.3, 0.4) is 0 Å². The highest BCUT2D eigenvalue weighted by Crippen LogP contribution is 2.30. The summed E-state index contributed by atoms with van der Waals surface area (Å²) in [6, 6.07) is 21.5. The SMILES string of the molecule is Cc1ccc(C)c(NC(=O)Cn2nc(-c3ccccc3)c3cc(Cl)ccc32)c1. The number of carbonyl (C=O) groups excluding carboxylic acids is 1. The molecule has 140 valence electrons. The van der Waals surface area contributed by atoms with Gasteiger partial charge in [0.2, 0.25) is 5.91 Å². The number of aromatic nitrogens is 2. The Labute approximate surface area is 168 Å². The van der Waals surface area contributed by atoms with Crippen LogP contribution in [0.4, 0.5) is 5.69 Å². The number of nitrogens with one attached hydrogen (secondary N) is 1. The van der Waals surface area contributed by atoms with E-state index < -0.39 is 0 Å². The normalized spacial score (nSPS) is 11.0. The van der Waals surface area contributed by atoms with E-state index >= 15 is 0 Å². The molecule has 4 rings (SSSR count). The van der Waals surface area contributed by atoms with E-state index in [-0.39, 0.29) is 12.5 Å². The minimum Gasteiger partial charge on any atom is -0.324 e. The van der Waals surface area contributed by atoms with Crippen LogP contribution in [0.5, 0.6) is 0 Å². The van der Waals surface area contributed by atoms with E-state index in [0.717, 1.165) is 39.0 Å². The van der Waals surface area contributed by atoms with Crippen molar-refractivity contribution in [2.45, 2.75) is 20.4 Å². The molecule has 3 aromatic carbocycles. The van der Waals surface area contributed by atoms with Crippen molar-refractivity contribution in [3.8, 4) is 11.3 Å². The summed E-state index contributed by atoms with van der Waals surface area (Å²) < 4.78 is 1.73. The summed E-state index contributed by atoms with van der Waals surface area (Å²) >= 11 is 6.22. The highest BCUT2D eigenvalue weighted by molar-refractivity contribution is 6.31. The van der Waals surface area contributed by atoms with Gasteiger partial charge in [-0.3, -0.25) is 9.48 Å². The average Bonchev–Trinajstić information content (AvgIpc) is 3.03. The van der Waals surface area contributed by atoms with Gasteiger partial charge < -0.3 is 5.32 Å². The zero-order valence-electron chi connectivity index (χ0n) is 15.7. The van der Waals surface area contributed by atoms with Crippen LogP contribution in [0, 0.1) is 13.8 Å². The number of fused-ring (bicyclic) bond motifs is 1. The van der Waals surface area contributed by atoms with Gasteiger partial charge in [-0.2, -0.15) is 5.10 Å². The van der Waals surface area contributed by atoms with Crippen LogP contribution in [0.25, 0.3) is 22.2 Å². The first kappa shape index (κ1) is 18.3. The summed E-state index contributed by atoms with van der Waals surface area (Å²) in [5, 5.41) is 9.29. The fourth-order valence-corrected chi connectivity index (χ4v) is 3.45. The van der Waals surface area contributed by atoms with Crippen LogP contribution < -0.4 is 5.32 Å². The number of carbonyl (C=O) groups is 1. The first-order valence-electron chi connectivity index (χ1n) is 9.10. The number of anilines is 1. The Bertz CT molecular complexity index is 1170. The number of aryl methyl sites for hydroxylation is 2. The molecule has 28 heavy (non-hydrogen) atoms. The molecule has 0 fully saturated rings. The van der Waals surface area contributed by atoms with Gasteiger partial charge in [0.1, 0.15) is 12.2 Å². The molecule has 0 saturated carbocycles. The third-order valence-electron chi connectivity index (χ3n) is 4.72. The molecule has 0 unspecified atom stereocenters. The molecular formula is C23H20ClN3O. The second-order valence-electron chi connectivity index (χ2n) is 6.90. The predicted molar refractivity (Wildman–Crippen MR) is 115 cm³/mol. The monoisotopic (exact) mass is 389 g/mol. The molecule has 4 nitrogen and oxygen atoms in total. The third-order valence-corrected chi connectivity index (χ3v) is 4.96. The number of amides is 1. The van der Waals surface area contributed by atoms with E-state index in [2.05, 4.69) is 5.32 Å². The predicted octanol–water partition coefficient (Wildman–Crippen LogP) is 5.61. The molecule has 5 heteroatoms. The maximum Gasteiger partial charge on any atom is 0.246 e. The quantitative estimate of drug-likeness (QED) is 0.493. The molecule has 0 aliphatic carbocycles. The van der Waals surface area contributed by atoms with E-state index in [1.807, 2.05) is 80.6 Å². The fraction of sp³-hybridized carbons (Fsp3) is 0.130. The minimum atomic E-state index is -0.118. The van der Waals surface area contributed by atoms with E-state index in [1.165, 1.54) is 0 Å². The molecule has 0 spiro atoms. The summed E-state index contributed by atoms with van der Waals surface area (Å²) in [6.45, 7) is 4.11. The van der Waals surface area contributed by atoms with Crippen molar-refractivity contribution in [1.29, 1.82) is 0 Å². The van der Waals surface area contributed by atoms with Gasteiger partial charge in [-0.15, -0.1) is 0 Å². The molecule has 1 N–H and O–H groups in total. The van der Waals surface area contributed by atoms with Gasteiger partial charge in [-0.05, 0) is 49.2 Å². The van der Waals surface area contributed by atoms with E-state index in [4.69, 9.17) is 16.7 Å². The second kappa shape index (κ2) is 7.49. The Hall–Kier alpha value is -3.11. The van der Waals surface area contributed by atoms with Crippen LogP contribution >= 0.6 is 11.6 Å². The van der Waals surface area contributed by atoms with Gasteiger partial charge in [0.25, 0.3) is 0 Å². The molecule has 0 radical (unpaired) electrons. The van der Waals surface area contributed by atoms with Crippen molar-refractivity contribution >= 4 is 34.1 Å². The van der Waals surface area contributed by atoms with Crippen molar-refractivity contribution < 1.29 is 4.79 Å². The summed E-state index contributed by atoms with van der Waals surface area (Å²) in [7, 11) is 0. The number of rotatable bonds is 4. The lowest BCUT2D eigenvalue weighted by Gasteiger charge is -2.10. The van der Waals surface area contributed by atoms with Gasteiger partial charge in [0, 0.05) is 21.7 Å². The zero-order valence-corrected chi connectivity index (χ0v) is 16.5. The molecule has 0 bridgehead atoms. The number of halogens is 1. The van der Waals surface area contributed by atoms with Crippen LogP contribution in [0.2, 0.25) is 5.02 Å². The van der Waals surface area contributed by atoms with Crippen molar-refractivity contribution in [3.05, 3.63) is 82.9 Å². The third kappa shape index (κ3) is 3.64. The Morgan fingerprint density at radius 2 is 1.82 bits per heavy atom. The van der Waals surface area contributed by atoms with Crippen LogP contribution in [-0.4, -0.2) is 15.7 Å². The van der Waals surface area contributed by atoms with Gasteiger partial charge in [-0.1, -0.05) is 54.1 Å². The number of nitrogens with zero attached hydrogens (tertiary/aromatic N) is 2. The van der Waals surface area contributed by atoms with E-state index in [1.54, 1.807) is 4.68 Å². The molecule has 0 aliphatic heterocycles. The van der Waals surface area contributed by atoms with Gasteiger partial charge in [0.15, 0.2) is 0 Å². The summed E-state index contributed by atoms with van der Waals surface area (Å²) in [4.78, 5) is 12.7. The Balaban J connectivity index is 1.69. The van der Waals surface area contributed by atoms with Gasteiger partial charge in [0.05, 0.1) is 5.52 Å². The maximum atomic E-state index is 12.7. The molecule has 0 atom stereocenters. The smallest absolute Gasteiger partial charge is 0.246 e. The minimum absolute atomic E-state index is 0.118. The van der Waals surface area contributed by atoms with Gasteiger partial charge >= 0.3 is 0 Å². The largest absolute Gasteiger partial charge is 0.324 e. The lowest BCUT2D eigenvalue weighted by Crippen LogP contribution is -2.20. The lowest BCUT2D eigenvalue weighted by molar-refractivity contribution is -0.116. The fourth-order valence-electron chi connectivity index (χ4n) is 3.28. The zero-order chi connectivity index (χ0) is 19.7. The second-order valence-corrected chi connectivity index (χ2v) is 7.34. The standard InChI is InChI=1S/C23H20ClN3O/c1-15-8-9-16(2)20(12-15)25-22(28)14-27-21-11-10-18(24)13-19(21)23(26-27)17-6-4-3-5-7-17/h3-13H,14H2,1-2H3,(H,25,28). The number of hydrogen-bond donors (Lipinski definition) is 1. The van der Waals surface area contributed by atoms with Crippen molar-refractivity contribution in [2.24, 2.45) is 0 Å². The number of benzene rings is 3. The summed E-state index contributed by atoms with van der Waals surface area (Å²) in [5.41, 5.74) is 5.64. The van der Waals surface area contributed by atoms with Crippen molar-refractivity contribution in [3.63, 3.8) is 0 Å². The highest BCUT2D eigenvalue weighted by atomic mass is 35.5. The van der Waals surface area contributed by atoms with Crippen LogP contribution in [-0.2, 0) is 11.3 Å². The molecule has 4 aromatic rings. The molecule has 1 aromatic heterocycles. The van der Waals surface area contributed by atoms with Crippen LogP contribution in [0.1, 0.15) is 11.1 Å². The summed E-state index contributed by atoms with van der Waals surface area (Å²) in [6.07, 6.45) is 0. The van der Waals surface area contributed by atoms with E-state index in [9.17, 15) is 4.79 Å². The molecule has 1 amide bonds. The molecular weight excluding hydrogens is 370 g/mol. The molecule has 1 heterocycles. The van der Waals surface area contributed by atoms with Crippen molar-refractivity contribution in [1.82, 2.24) is 9.78 Å². The van der Waals surface area contributed by atoms with Gasteiger partial charge in [-0.25, -0.2) is 0 Å². The highest BCUT2D eigenvalue weighted by Gasteiger charge is 2.15.